The van der Waals surface area contributed by atoms with E-state index in [0.717, 1.165) is 0 Å². The topological polar surface area (TPSA) is 40.9 Å². The average molecular weight is 135 g/mol. The quantitative estimate of drug-likeness (QED) is 0.430. The molecule has 0 aliphatic heterocycles. The van der Waals surface area contributed by atoms with Crippen molar-refractivity contribution in [3.8, 4) is 18.4 Å². The average Bonchev–Trinajstić information content (AvgIpc) is 2.00. The van der Waals surface area contributed by atoms with E-state index in [4.69, 9.17) is 11.7 Å². The Morgan fingerprint density at radius 3 is 2.70 bits per heavy atom. The first-order valence-electron chi connectivity index (χ1n) is 2.99. The van der Waals surface area contributed by atoms with Crippen LogP contribution in [0.5, 0.6) is 0 Å². The number of carbonyl (C=O) groups excluding carboxylic acids is 1. The molecule has 10 heavy (non-hydrogen) atoms. The summed E-state index contributed by atoms with van der Waals surface area (Å²) in [6.07, 6.45) is 6.56. The lowest BCUT2D eigenvalue weighted by atomic mass is 9.89. The molecule has 0 unspecified atom stereocenters. The molecule has 0 bridgehead atoms. The highest BCUT2D eigenvalue weighted by Gasteiger charge is 2.18. The van der Waals surface area contributed by atoms with Crippen molar-refractivity contribution in [1.29, 1.82) is 5.26 Å². The molecular formula is C8H9NO. The molecule has 0 aromatic carbocycles. The third-order valence-corrected chi connectivity index (χ3v) is 1.35. The van der Waals surface area contributed by atoms with Crippen molar-refractivity contribution in [3.63, 3.8) is 0 Å². The zero-order chi connectivity index (χ0) is 8.04. The molecular weight excluding hydrogens is 126 g/mol. The van der Waals surface area contributed by atoms with Gasteiger partial charge in [0.25, 0.3) is 0 Å². The smallest absolute Gasteiger partial charge is 0.137 e. The maximum absolute atomic E-state index is 10.3. The second-order valence-electron chi connectivity index (χ2n) is 2.34. The summed E-state index contributed by atoms with van der Waals surface area (Å²) in [7, 11) is 0. The van der Waals surface area contributed by atoms with Crippen LogP contribution in [0, 0.1) is 29.1 Å². The summed E-state index contributed by atoms with van der Waals surface area (Å²) in [5, 5.41) is 8.19. The lowest BCUT2D eigenvalue weighted by Crippen LogP contribution is -2.14. The number of carbonyl (C=O) groups is 1. The molecule has 0 aliphatic carbocycles. The predicted octanol–water partition coefficient (Wildman–Crippen LogP) is 1.13. The van der Waals surface area contributed by atoms with Crippen molar-refractivity contribution in [1.82, 2.24) is 0 Å². The van der Waals surface area contributed by atoms with Crippen molar-refractivity contribution in [2.45, 2.75) is 19.8 Å². The van der Waals surface area contributed by atoms with Crippen molar-refractivity contribution >= 4 is 6.29 Å². The van der Waals surface area contributed by atoms with Gasteiger partial charge in [-0.1, -0.05) is 5.92 Å². The van der Waals surface area contributed by atoms with Crippen LogP contribution in [-0.2, 0) is 4.79 Å². The van der Waals surface area contributed by atoms with Gasteiger partial charge < -0.3 is 4.79 Å². The summed E-state index contributed by atoms with van der Waals surface area (Å²) in [5.41, 5.74) is -0.740. The molecule has 0 spiro atoms. The number of terminal acetylenes is 1. The molecule has 0 rings (SSSR count). The molecule has 2 nitrogen and oxygen atoms in total. The Labute approximate surface area is 60.8 Å². The standard InChI is InChI=1S/C8H9NO/c1-3-8(2,7-10)5-4-6-9/h1,7H,4-5H2,2H3/t8-/m1/s1. The van der Waals surface area contributed by atoms with E-state index < -0.39 is 5.41 Å². The van der Waals surface area contributed by atoms with E-state index in [1.165, 1.54) is 0 Å². The summed E-state index contributed by atoms with van der Waals surface area (Å²) in [4.78, 5) is 10.3. The zero-order valence-corrected chi connectivity index (χ0v) is 5.92. The monoisotopic (exact) mass is 135 g/mol. The minimum absolute atomic E-state index is 0.333. The highest BCUT2D eigenvalue weighted by atomic mass is 16.1. The molecule has 1 atom stereocenters. The van der Waals surface area contributed by atoms with E-state index in [1.807, 2.05) is 6.07 Å². The van der Waals surface area contributed by atoms with Gasteiger partial charge in [0.05, 0.1) is 11.5 Å². The Morgan fingerprint density at radius 1 is 1.80 bits per heavy atom. The highest BCUT2D eigenvalue weighted by molar-refractivity contribution is 5.63. The molecule has 0 aromatic rings. The number of nitriles is 1. The van der Waals surface area contributed by atoms with Gasteiger partial charge in [-0.05, 0) is 13.3 Å². The molecule has 0 aromatic heterocycles. The van der Waals surface area contributed by atoms with Crippen LogP contribution in [0.25, 0.3) is 0 Å². The molecule has 0 radical (unpaired) electrons. The zero-order valence-electron chi connectivity index (χ0n) is 5.92. The maximum atomic E-state index is 10.3. The lowest BCUT2D eigenvalue weighted by Gasteiger charge is -2.11. The molecule has 0 heterocycles. The molecule has 0 saturated carbocycles. The molecule has 0 fully saturated rings. The van der Waals surface area contributed by atoms with Gasteiger partial charge in [0.15, 0.2) is 0 Å². The van der Waals surface area contributed by atoms with Gasteiger partial charge >= 0.3 is 0 Å². The number of hydrogen-bond acceptors (Lipinski definition) is 2. The summed E-state index contributed by atoms with van der Waals surface area (Å²) >= 11 is 0. The molecule has 52 valence electrons. The number of nitrogens with zero attached hydrogens (tertiary/aromatic N) is 1. The van der Waals surface area contributed by atoms with E-state index in [0.29, 0.717) is 19.1 Å². The highest BCUT2D eigenvalue weighted by Crippen LogP contribution is 2.17. The Bertz CT molecular complexity index is 196. The van der Waals surface area contributed by atoms with Gasteiger partial charge in [0.1, 0.15) is 6.29 Å². The third kappa shape index (κ3) is 2.33. The van der Waals surface area contributed by atoms with Gasteiger partial charge in [0, 0.05) is 6.42 Å². The fourth-order valence-corrected chi connectivity index (χ4v) is 0.481. The van der Waals surface area contributed by atoms with Crippen LogP contribution in [0.3, 0.4) is 0 Å². The molecule has 0 aliphatic rings. The van der Waals surface area contributed by atoms with Crippen molar-refractivity contribution in [2.24, 2.45) is 5.41 Å². The minimum Gasteiger partial charge on any atom is -0.302 e. The Hall–Kier alpha value is -1.28. The number of hydrogen-bond donors (Lipinski definition) is 0. The SMILES string of the molecule is C#C[C@@](C)(C=O)CCC#N. The molecule has 0 amide bonds. The summed E-state index contributed by atoms with van der Waals surface area (Å²) in [5.74, 6) is 2.34. The van der Waals surface area contributed by atoms with Gasteiger partial charge in [-0.3, -0.25) is 0 Å². The van der Waals surface area contributed by atoms with Gasteiger partial charge in [0.2, 0.25) is 0 Å². The fourth-order valence-electron chi connectivity index (χ4n) is 0.481. The number of rotatable bonds is 3. The lowest BCUT2D eigenvalue weighted by molar-refractivity contribution is -0.113. The van der Waals surface area contributed by atoms with E-state index in [-0.39, 0.29) is 0 Å². The van der Waals surface area contributed by atoms with Crippen LogP contribution < -0.4 is 0 Å². The van der Waals surface area contributed by atoms with Crippen molar-refractivity contribution < 1.29 is 4.79 Å². The maximum Gasteiger partial charge on any atom is 0.137 e. The first-order valence-corrected chi connectivity index (χ1v) is 2.99. The second kappa shape index (κ2) is 3.69. The van der Waals surface area contributed by atoms with Crippen LogP contribution in [-0.4, -0.2) is 6.29 Å². The third-order valence-electron chi connectivity index (χ3n) is 1.35. The van der Waals surface area contributed by atoms with Crippen molar-refractivity contribution in [2.75, 3.05) is 0 Å². The van der Waals surface area contributed by atoms with Gasteiger partial charge in [-0.2, -0.15) is 5.26 Å². The van der Waals surface area contributed by atoms with Crippen LogP contribution in [0.15, 0.2) is 0 Å². The van der Waals surface area contributed by atoms with E-state index in [9.17, 15) is 4.79 Å². The second-order valence-corrected chi connectivity index (χ2v) is 2.34. The van der Waals surface area contributed by atoms with Gasteiger partial charge in [-0.25, -0.2) is 0 Å². The van der Waals surface area contributed by atoms with Crippen molar-refractivity contribution in [3.05, 3.63) is 0 Å². The largest absolute Gasteiger partial charge is 0.302 e. The first-order chi connectivity index (χ1) is 4.68. The first kappa shape index (κ1) is 8.72. The normalized spacial score (nSPS) is 14.3. The van der Waals surface area contributed by atoms with E-state index >= 15 is 0 Å². The molecule has 2 heteroatoms. The Balaban J connectivity index is 4.00. The van der Waals surface area contributed by atoms with Gasteiger partial charge in [-0.15, -0.1) is 6.42 Å². The summed E-state index contributed by atoms with van der Waals surface area (Å²) in [6, 6.07) is 1.94. The van der Waals surface area contributed by atoms with E-state index in [2.05, 4.69) is 5.92 Å². The fraction of sp³-hybridized carbons (Fsp3) is 0.500. The van der Waals surface area contributed by atoms with Crippen LogP contribution in [0.1, 0.15) is 19.8 Å². The van der Waals surface area contributed by atoms with Crippen LogP contribution in [0.2, 0.25) is 0 Å². The summed E-state index contributed by atoms with van der Waals surface area (Å²) in [6.45, 7) is 1.65. The van der Waals surface area contributed by atoms with Crippen LogP contribution >= 0.6 is 0 Å². The van der Waals surface area contributed by atoms with Crippen LogP contribution in [0.4, 0.5) is 0 Å². The Morgan fingerprint density at radius 2 is 2.40 bits per heavy atom. The van der Waals surface area contributed by atoms with E-state index in [1.54, 1.807) is 6.92 Å². The summed E-state index contributed by atoms with van der Waals surface area (Å²) < 4.78 is 0. The number of aldehydes is 1. The molecule has 0 N–H and O–H groups in total. The molecule has 0 saturated heterocycles. The Kier molecular flexibility index (Phi) is 3.22. The predicted molar refractivity (Wildman–Crippen MR) is 37.9 cm³/mol. The minimum atomic E-state index is -0.740.